The average Bonchev–Trinajstić information content (AvgIpc) is 3.59. The summed E-state index contributed by atoms with van der Waals surface area (Å²) in [6, 6.07) is 9.04. The van der Waals surface area contributed by atoms with Gasteiger partial charge >= 0.3 is 0 Å². The highest BCUT2D eigenvalue weighted by molar-refractivity contribution is 7.91. The second-order valence-electron chi connectivity index (χ2n) is 8.99. The summed E-state index contributed by atoms with van der Waals surface area (Å²) in [6.07, 6.45) is 1.81. The fourth-order valence-corrected chi connectivity index (χ4v) is 8.61. The molecule has 12 heteroatoms. The molecule has 0 bridgehead atoms. The Morgan fingerprint density at radius 2 is 1.92 bits per heavy atom. The lowest BCUT2D eigenvalue weighted by Gasteiger charge is -2.33. The third-order valence-electron chi connectivity index (χ3n) is 6.71. The summed E-state index contributed by atoms with van der Waals surface area (Å²) in [5, 5.41) is 2.99. The maximum atomic E-state index is 13.8. The van der Waals surface area contributed by atoms with Crippen LogP contribution >= 0.6 is 34.3 Å². The summed E-state index contributed by atoms with van der Waals surface area (Å²) in [7, 11) is -3.50. The number of ether oxygens (including phenoxy) is 1. The zero-order valence-electron chi connectivity index (χ0n) is 19.8. The normalized spacial score (nSPS) is 18.6. The van der Waals surface area contributed by atoms with Gasteiger partial charge in [0.1, 0.15) is 9.73 Å². The predicted octanol–water partition coefficient (Wildman–Crippen LogP) is 4.17. The number of carbonyl (C=O) groups excluding carboxylic acids is 1. The van der Waals surface area contributed by atoms with Gasteiger partial charge in [-0.2, -0.15) is 4.31 Å². The van der Waals surface area contributed by atoms with Crippen LogP contribution in [0.1, 0.15) is 19.3 Å². The average molecular weight is 569 g/mol. The third kappa shape index (κ3) is 5.62. The monoisotopic (exact) mass is 568 g/mol. The Kier molecular flexibility index (Phi) is 8.26. The minimum atomic E-state index is -3.50. The fourth-order valence-electron chi connectivity index (χ4n) is 4.70. The molecule has 8 nitrogen and oxygen atoms in total. The van der Waals surface area contributed by atoms with Crippen LogP contribution < -0.4 is 4.90 Å². The second kappa shape index (κ2) is 11.4. The molecule has 3 aromatic rings. The van der Waals surface area contributed by atoms with Gasteiger partial charge in [-0.3, -0.25) is 14.6 Å². The molecule has 0 unspecified atom stereocenters. The number of thiophene rings is 1. The number of aromatic nitrogens is 1. The minimum absolute atomic E-state index is 0.0142. The van der Waals surface area contributed by atoms with Crippen LogP contribution in [0, 0.1) is 5.92 Å². The van der Waals surface area contributed by atoms with Crippen molar-refractivity contribution >= 4 is 65.6 Å². The fraction of sp³-hybridized carbons (Fsp3) is 0.500. The SMILES string of the molecule is O=C(C1CCN(S(=O)(=O)c2cccs2)CC1)N(CCCN1CCOCC1)c1nc2c(Cl)cccc2s1. The van der Waals surface area contributed by atoms with E-state index in [0.29, 0.717) is 52.4 Å². The first kappa shape index (κ1) is 26.0. The van der Waals surface area contributed by atoms with Crippen LogP contribution in [0.5, 0.6) is 0 Å². The van der Waals surface area contributed by atoms with Crippen LogP contribution in [-0.2, 0) is 19.6 Å². The Morgan fingerprint density at radius 3 is 2.61 bits per heavy atom. The van der Waals surface area contributed by atoms with Gasteiger partial charge in [-0.1, -0.05) is 35.1 Å². The van der Waals surface area contributed by atoms with Crippen molar-refractivity contribution < 1.29 is 17.9 Å². The number of carbonyl (C=O) groups is 1. The van der Waals surface area contributed by atoms with E-state index in [4.69, 9.17) is 21.3 Å². The van der Waals surface area contributed by atoms with E-state index >= 15 is 0 Å². The number of piperidine rings is 1. The van der Waals surface area contributed by atoms with E-state index in [1.165, 1.54) is 27.0 Å². The van der Waals surface area contributed by atoms with Gasteiger partial charge in [0, 0.05) is 45.2 Å². The number of para-hydroxylation sites is 1. The number of anilines is 1. The number of thiazole rings is 1. The zero-order chi connectivity index (χ0) is 25.1. The molecule has 2 fully saturated rings. The maximum Gasteiger partial charge on any atom is 0.252 e. The van der Waals surface area contributed by atoms with Gasteiger partial charge in [-0.05, 0) is 42.8 Å². The zero-order valence-corrected chi connectivity index (χ0v) is 23.0. The minimum Gasteiger partial charge on any atom is -0.379 e. The first-order valence-electron chi connectivity index (χ1n) is 12.1. The van der Waals surface area contributed by atoms with E-state index in [0.717, 1.165) is 44.0 Å². The molecule has 0 saturated carbocycles. The topological polar surface area (TPSA) is 83.1 Å². The van der Waals surface area contributed by atoms with E-state index < -0.39 is 10.0 Å². The number of nitrogens with zero attached hydrogens (tertiary/aromatic N) is 4. The van der Waals surface area contributed by atoms with Crippen molar-refractivity contribution in [1.29, 1.82) is 0 Å². The number of sulfonamides is 1. The highest BCUT2D eigenvalue weighted by Gasteiger charge is 2.35. The van der Waals surface area contributed by atoms with E-state index in [-0.39, 0.29) is 11.8 Å². The molecular formula is C24H29ClN4O4S3. The first-order chi connectivity index (χ1) is 17.4. The van der Waals surface area contributed by atoms with Crippen molar-refractivity contribution in [3.8, 4) is 0 Å². The molecule has 4 heterocycles. The highest BCUT2D eigenvalue weighted by atomic mass is 35.5. The van der Waals surface area contributed by atoms with Gasteiger partial charge in [0.05, 0.1) is 22.9 Å². The molecule has 0 atom stereocenters. The molecule has 0 aliphatic carbocycles. The molecule has 1 aromatic carbocycles. The number of hydrogen-bond donors (Lipinski definition) is 0. The van der Waals surface area contributed by atoms with E-state index in [9.17, 15) is 13.2 Å². The molecular weight excluding hydrogens is 540 g/mol. The first-order valence-corrected chi connectivity index (χ1v) is 15.6. The van der Waals surface area contributed by atoms with E-state index in [2.05, 4.69) is 4.90 Å². The van der Waals surface area contributed by atoms with Crippen molar-refractivity contribution in [3.05, 3.63) is 40.7 Å². The summed E-state index contributed by atoms with van der Waals surface area (Å²) in [5.41, 5.74) is 0.710. The molecule has 194 valence electrons. The number of benzene rings is 1. The number of halogens is 1. The van der Waals surface area contributed by atoms with Crippen LogP contribution in [0.15, 0.2) is 39.9 Å². The van der Waals surface area contributed by atoms with Crippen molar-refractivity contribution in [2.75, 3.05) is 57.4 Å². The van der Waals surface area contributed by atoms with Crippen LogP contribution in [-0.4, -0.2) is 81.0 Å². The Hall–Kier alpha value is -1.60. The molecule has 36 heavy (non-hydrogen) atoms. The quantitative estimate of drug-likeness (QED) is 0.406. The number of fused-ring (bicyclic) bond motifs is 1. The van der Waals surface area contributed by atoms with Crippen LogP contribution in [0.2, 0.25) is 5.02 Å². The Labute approximate surface area is 224 Å². The lowest BCUT2D eigenvalue weighted by Crippen LogP contribution is -2.45. The largest absolute Gasteiger partial charge is 0.379 e. The molecule has 2 aromatic heterocycles. The predicted molar refractivity (Wildman–Crippen MR) is 145 cm³/mol. The number of rotatable bonds is 8. The summed E-state index contributed by atoms with van der Waals surface area (Å²) in [6.45, 7) is 5.41. The lowest BCUT2D eigenvalue weighted by atomic mass is 9.96. The third-order valence-corrected chi connectivity index (χ3v) is 11.3. The highest BCUT2D eigenvalue weighted by Crippen LogP contribution is 2.35. The van der Waals surface area contributed by atoms with Crippen molar-refractivity contribution in [3.63, 3.8) is 0 Å². The van der Waals surface area contributed by atoms with Crippen molar-refractivity contribution in [2.24, 2.45) is 5.92 Å². The van der Waals surface area contributed by atoms with Gasteiger partial charge in [0.25, 0.3) is 10.0 Å². The number of amides is 1. The van der Waals surface area contributed by atoms with Crippen LogP contribution in [0.4, 0.5) is 5.13 Å². The lowest BCUT2D eigenvalue weighted by molar-refractivity contribution is -0.123. The van der Waals surface area contributed by atoms with Crippen molar-refractivity contribution in [1.82, 2.24) is 14.2 Å². The van der Waals surface area contributed by atoms with Gasteiger partial charge in [-0.15, -0.1) is 11.3 Å². The smallest absolute Gasteiger partial charge is 0.252 e. The summed E-state index contributed by atoms with van der Waals surface area (Å²) in [4.78, 5) is 22.7. The molecule has 0 N–H and O–H groups in total. The van der Waals surface area contributed by atoms with Gasteiger partial charge in [0.2, 0.25) is 5.91 Å². The van der Waals surface area contributed by atoms with Gasteiger partial charge < -0.3 is 4.74 Å². The standard InChI is InChI=1S/C24H29ClN4O4S3/c25-19-4-1-5-20-22(19)26-24(35-20)29(10-3-9-27-13-15-33-16-14-27)23(30)18-7-11-28(12-8-18)36(31,32)21-6-2-17-34-21/h1-2,4-6,17-18H,3,7-16H2. The van der Waals surface area contributed by atoms with Crippen LogP contribution in [0.25, 0.3) is 10.2 Å². The molecule has 0 radical (unpaired) electrons. The molecule has 0 spiro atoms. The number of hydrogen-bond acceptors (Lipinski definition) is 8. The molecule has 1 amide bonds. The van der Waals surface area contributed by atoms with Crippen LogP contribution in [0.3, 0.4) is 0 Å². The Balaban J connectivity index is 1.30. The Bertz CT molecular complexity index is 1280. The molecule has 5 rings (SSSR count). The summed E-state index contributed by atoms with van der Waals surface area (Å²) in [5.74, 6) is -0.231. The van der Waals surface area contributed by atoms with Gasteiger partial charge in [-0.25, -0.2) is 13.4 Å². The van der Waals surface area contributed by atoms with Gasteiger partial charge in [0.15, 0.2) is 5.13 Å². The van der Waals surface area contributed by atoms with E-state index in [1.807, 2.05) is 18.2 Å². The van der Waals surface area contributed by atoms with Crippen molar-refractivity contribution in [2.45, 2.75) is 23.5 Å². The maximum absolute atomic E-state index is 13.8. The Morgan fingerprint density at radius 1 is 1.14 bits per heavy atom. The molecule has 2 saturated heterocycles. The summed E-state index contributed by atoms with van der Waals surface area (Å²) >= 11 is 9.07. The van der Waals surface area contributed by atoms with E-state index in [1.54, 1.807) is 22.4 Å². The number of morpholine rings is 1. The second-order valence-corrected chi connectivity index (χ2v) is 13.5. The summed E-state index contributed by atoms with van der Waals surface area (Å²) < 4.78 is 34.1. The molecule has 2 aliphatic rings. The molecule has 2 aliphatic heterocycles.